The summed E-state index contributed by atoms with van der Waals surface area (Å²) in [6.45, 7) is 3.51. The molecule has 1 aliphatic heterocycles. The van der Waals surface area contributed by atoms with E-state index in [4.69, 9.17) is 10.5 Å². The molecule has 1 aromatic carbocycles. The maximum atomic E-state index is 5.98. The van der Waals surface area contributed by atoms with Gasteiger partial charge < -0.3 is 10.5 Å². The molecular weight excluding hydrogens is 262 g/mol. The summed E-state index contributed by atoms with van der Waals surface area (Å²) in [6.07, 6.45) is 3.02. The van der Waals surface area contributed by atoms with E-state index in [1.165, 1.54) is 5.56 Å². The van der Waals surface area contributed by atoms with E-state index in [0.29, 0.717) is 12.4 Å². The highest BCUT2D eigenvalue weighted by molar-refractivity contribution is 5.20. The van der Waals surface area contributed by atoms with Crippen molar-refractivity contribution in [1.29, 1.82) is 0 Å². The molecule has 2 aromatic rings. The Balaban J connectivity index is 1.54. The van der Waals surface area contributed by atoms with Crippen LogP contribution in [0.4, 0.5) is 0 Å². The molecular formula is C17H21N3O. The highest BCUT2D eigenvalue weighted by atomic mass is 16.5. The molecule has 3 rings (SSSR count). The Labute approximate surface area is 125 Å². The molecule has 0 amide bonds. The lowest BCUT2D eigenvalue weighted by molar-refractivity contribution is 0.191. The molecule has 1 unspecified atom stereocenters. The maximum absolute atomic E-state index is 5.98. The Kier molecular flexibility index (Phi) is 4.48. The average molecular weight is 283 g/mol. The minimum Gasteiger partial charge on any atom is -0.473 e. The van der Waals surface area contributed by atoms with Crippen molar-refractivity contribution >= 4 is 0 Å². The molecule has 1 atom stereocenters. The first-order chi connectivity index (χ1) is 10.3. The van der Waals surface area contributed by atoms with Gasteiger partial charge in [0, 0.05) is 38.4 Å². The second kappa shape index (κ2) is 6.70. The topological polar surface area (TPSA) is 51.4 Å². The molecule has 4 nitrogen and oxygen atoms in total. The summed E-state index contributed by atoms with van der Waals surface area (Å²) >= 11 is 0. The molecule has 110 valence electrons. The Morgan fingerprint density at radius 2 is 2.05 bits per heavy atom. The molecule has 0 bridgehead atoms. The van der Waals surface area contributed by atoms with Crippen LogP contribution in [0.2, 0.25) is 0 Å². The van der Waals surface area contributed by atoms with Crippen LogP contribution in [0.15, 0.2) is 48.7 Å². The van der Waals surface area contributed by atoms with Gasteiger partial charge in [-0.3, -0.25) is 4.90 Å². The quantitative estimate of drug-likeness (QED) is 0.914. The first-order valence-electron chi connectivity index (χ1n) is 7.41. The zero-order valence-corrected chi connectivity index (χ0v) is 12.1. The second-order valence-electron chi connectivity index (χ2n) is 5.46. The number of nitrogens with zero attached hydrogens (tertiary/aromatic N) is 2. The minimum atomic E-state index is 0.217. The highest BCUT2D eigenvalue weighted by Crippen LogP contribution is 2.19. The van der Waals surface area contributed by atoms with Crippen LogP contribution in [0.25, 0.3) is 0 Å². The van der Waals surface area contributed by atoms with Crippen molar-refractivity contribution in [3.8, 4) is 5.88 Å². The van der Waals surface area contributed by atoms with E-state index in [-0.39, 0.29) is 6.10 Å². The predicted molar refractivity (Wildman–Crippen MR) is 82.9 cm³/mol. The number of benzene rings is 1. The van der Waals surface area contributed by atoms with E-state index in [1.807, 2.05) is 12.1 Å². The fourth-order valence-corrected chi connectivity index (χ4v) is 2.69. The lowest BCUT2D eigenvalue weighted by Gasteiger charge is -2.16. The first-order valence-corrected chi connectivity index (χ1v) is 7.41. The van der Waals surface area contributed by atoms with Gasteiger partial charge in [0.2, 0.25) is 5.88 Å². The number of hydrogen-bond acceptors (Lipinski definition) is 4. The van der Waals surface area contributed by atoms with E-state index in [0.717, 1.165) is 31.6 Å². The Morgan fingerprint density at radius 3 is 2.86 bits per heavy atom. The molecule has 1 fully saturated rings. The van der Waals surface area contributed by atoms with Crippen LogP contribution in [-0.4, -0.2) is 29.1 Å². The van der Waals surface area contributed by atoms with E-state index in [2.05, 4.69) is 40.2 Å². The van der Waals surface area contributed by atoms with Gasteiger partial charge in [0.25, 0.3) is 0 Å². The number of hydrogen-bond donors (Lipinski definition) is 1. The van der Waals surface area contributed by atoms with Gasteiger partial charge in [-0.05, 0) is 23.6 Å². The summed E-state index contributed by atoms with van der Waals surface area (Å²) in [4.78, 5) is 6.69. The van der Waals surface area contributed by atoms with Gasteiger partial charge in [0.1, 0.15) is 6.10 Å². The number of aromatic nitrogens is 1. The highest BCUT2D eigenvalue weighted by Gasteiger charge is 2.24. The molecule has 1 aromatic heterocycles. The summed E-state index contributed by atoms with van der Waals surface area (Å²) in [5.74, 6) is 0.685. The molecule has 4 heteroatoms. The average Bonchev–Trinajstić information content (AvgIpc) is 2.95. The molecule has 2 N–H and O–H groups in total. The summed E-state index contributed by atoms with van der Waals surface area (Å²) in [7, 11) is 0. The van der Waals surface area contributed by atoms with E-state index >= 15 is 0 Å². The van der Waals surface area contributed by atoms with Gasteiger partial charge in [-0.15, -0.1) is 0 Å². The van der Waals surface area contributed by atoms with Crippen LogP contribution in [0.1, 0.15) is 17.5 Å². The van der Waals surface area contributed by atoms with Crippen molar-refractivity contribution in [3.63, 3.8) is 0 Å². The van der Waals surface area contributed by atoms with Crippen LogP contribution >= 0.6 is 0 Å². The number of likely N-dealkylation sites (tertiary alicyclic amines) is 1. The third-order valence-corrected chi connectivity index (χ3v) is 3.80. The lowest BCUT2D eigenvalue weighted by atomic mass is 10.2. The molecule has 2 heterocycles. The molecule has 1 aliphatic rings. The van der Waals surface area contributed by atoms with Crippen LogP contribution < -0.4 is 10.5 Å². The molecule has 21 heavy (non-hydrogen) atoms. The van der Waals surface area contributed by atoms with Crippen molar-refractivity contribution in [2.75, 3.05) is 13.1 Å². The zero-order valence-electron chi connectivity index (χ0n) is 12.1. The summed E-state index contributed by atoms with van der Waals surface area (Å²) in [6, 6.07) is 14.4. The number of pyridine rings is 1. The normalized spacial score (nSPS) is 18.8. The standard InChI is InChI=1S/C17H21N3O/c18-11-15-6-8-19-17(10-15)21-16-7-9-20(13-16)12-14-4-2-1-3-5-14/h1-6,8,10,16H,7,9,11-13,18H2. The third kappa shape index (κ3) is 3.80. The first kappa shape index (κ1) is 14.0. The molecule has 0 saturated carbocycles. The van der Waals surface area contributed by atoms with Crippen molar-refractivity contribution in [3.05, 3.63) is 59.8 Å². The molecule has 0 spiro atoms. The van der Waals surface area contributed by atoms with Crippen molar-refractivity contribution in [2.24, 2.45) is 5.73 Å². The van der Waals surface area contributed by atoms with Gasteiger partial charge in [-0.1, -0.05) is 30.3 Å². The summed E-state index contributed by atoms with van der Waals surface area (Å²) in [5.41, 5.74) is 8.05. The van der Waals surface area contributed by atoms with Crippen LogP contribution in [0.3, 0.4) is 0 Å². The van der Waals surface area contributed by atoms with E-state index in [1.54, 1.807) is 6.20 Å². The predicted octanol–water partition coefficient (Wildman–Crippen LogP) is 2.19. The smallest absolute Gasteiger partial charge is 0.213 e. The van der Waals surface area contributed by atoms with Crippen molar-refractivity contribution < 1.29 is 4.74 Å². The fourth-order valence-electron chi connectivity index (χ4n) is 2.69. The Hall–Kier alpha value is -1.91. The largest absolute Gasteiger partial charge is 0.473 e. The SMILES string of the molecule is NCc1ccnc(OC2CCN(Cc3ccccc3)C2)c1. The van der Waals surface area contributed by atoms with E-state index in [9.17, 15) is 0 Å². The van der Waals surface area contributed by atoms with Crippen molar-refractivity contribution in [2.45, 2.75) is 25.6 Å². The van der Waals surface area contributed by atoms with Gasteiger partial charge >= 0.3 is 0 Å². The lowest BCUT2D eigenvalue weighted by Crippen LogP contribution is -2.24. The zero-order chi connectivity index (χ0) is 14.5. The fraction of sp³-hybridized carbons (Fsp3) is 0.353. The summed E-state index contributed by atoms with van der Waals surface area (Å²) < 4.78 is 5.98. The Bertz CT molecular complexity index is 573. The molecule has 0 aliphatic carbocycles. The monoisotopic (exact) mass is 283 g/mol. The molecule has 0 radical (unpaired) electrons. The third-order valence-electron chi connectivity index (χ3n) is 3.80. The second-order valence-corrected chi connectivity index (χ2v) is 5.46. The summed E-state index contributed by atoms with van der Waals surface area (Å²) in [5, 5.41) is 0. The van der Waals surface area contributed by atoms with Crippen LogP contribution in [0, 0.1) is 0 Å². The molecule has 1 saturated heterocycles. The maximum Gasteiger partial charge on any atom is 0.213 e. The van der Waals surface area contributed by atoms with Gasteiger partial charge in [-0.2, -0.15) is 0 Å². The van der Waals surface area contributed by atoms with Crippen LogP contribution in [0.5, 0.6) is 5.88 Å². The van der Waals surface area contributed by atoms with Gasteiger partial charge in [0.15, 0.2) is 0 Å². The van der Waals surface area contributed by atoms with E-state index < -0.39 is 0 Å². The Morgan fingerprint density at radius 1 is 1.19 bits per heavy atom. The number of rotatable bonds is 5. The van der Waals surface area contributed by atoms with Crippen LogP contribution in [-0.2, 0) is 13.1 Å². The minimum absolute atomic E-state index is 0.217. The van der Waals surface area contributed by atoms with Crippen molar-refractivity contribution in [1.82, 2.24) is 9.88 Å². The van der Waals surface area contributed by atoms with Gasteiger partial charge in [-0.25, -0.2) is 4.98 Å². The number of nitrogens with two attached hydrogens (primary N) is 1. The van der Waals surface area contributed by atoms with Gasteiger partial charge in [0.05, 0.1) is 0 Å². The number of ether oxygens (including phenoxy) is 1.